The largest absolute Gasteiger partial charge is 0.481 e. The number of nitrogens with two attached hydrogens (primary N) is 1. The molecule has 1 aromatic heterocycles. The van der Waals surface area contributed by atoms with E-state index in [0.717, 1.165) is 5.56 Å². The number of nitrogens with zero attached hydrogens (tertiary/aromatic N) is 1. The van der Waals surface area contributed by atoms with Crippen LogP contribution in [-0.2, 0) is 22.6 Å². The molecule has 32 heavy (non-hydrogen) atoms. The average Bonchev–Trinajstić information content (AvgIpc) is 3.04. The number of carbonyl (C=O) groups is 3. The van der Waals surface area contributed by atoms with Crippen LogP contribution >= 0.6 is 0 Å². The van der Waals surface area contributed by atoms with Crippen LogP contribution in [0.5, 0.6) is 5.75 Å². The van der Waals surface area contributed by atoms with Gasteiger partial charge in [0.2, 0.25) is 0 Å². The second-order valence-electron chi connectivity index (χ2n) is 7.40. The Morgan fingerprint density at radius 3 is 2.41 bits per heavy atom. The molecule has 0 fully saturated rings. The van der Waals surface area contributed by atoms with Gasteiger partial charge < -0.3 is 30.4 Å². The quantitative estimate of drug-likeness (QED) is 0.271. The maximum atomic E-state index is 12.8. The normalized spacial score (nSPS) is 12.0. The van der Waals surface area contributed by atoms with Gasteiger partial charge in [0, 0.05) is 18.7 Å². The molecular weight excluding hydrogens is 416 g/mol. The van der Waals surface area contributed by atoms with Crippen molar-refractivity contribution in [1.82, 2.24) is 4.57 Å². The summed E-state index contributed by atoms with van der Waals surface area (Å²) in [5, 5.41) is 28.5. The number of hydrogen-bond donors (Lipinski definition) is 4. The molecule has 3 rings (SSSR count). The van der Waals surface area contributed by atoms with Gasteiger partial charge in [-0.15, -0.1) is 0 Å². The number of benzene rings is 2. The van der Waals surface area contributed by atoms with Crippen molar-refractivity contribution in [3.63, 3.8) is 0 Å². The molecule has 168 valence electrons. The van der Waals surface area contributed by atoms with E-state index < -0.39 is 37.0 Å². The molecule has 0 saturated heterocycles. The van der Waals surface area contributed by atoms with Crippen molar-refractivity contribution in [3.8, 4) is 5.75 Å². The number of Topliss-reactive ketones (excluding diaryl/α,β-unsaturated/α-hetero) is 1. The minimum absolute atomic E-state index is 0.0177. The zero-order valence-electron chi connectivity index (χ0n) is 17.4. The Balaban J connectivity index is 2.31. The molecule has 0 saturated carbocycles. The molecule has 1 unspecified atom stereocenters. The molecule has 0 radical (unpaired) electrons. The maximum Gasteiger partial charge on any atom is 0.341 e. The molecule has 0 spiro atoms. The molecule has 1 amide bonds. The van der Waals surface area contributed by atoms with Gasteiger partial charge in [-0.1, -0.05) is 36.4 Å². The lowest BCUT2D eigenvalue weighted by Gasteiger charge is -2.15. The number of carbonyl (C=O) groups excluding carboxylic acids is 2. The van der Waals surface area contributed by atoms with Crippen LogP contribution < -0.4 is 10.5 Å². The summed E-state index contributed by atoms with van der Waals surface area (Å²) >= 11 is 0. The predicted octanol–water partition coefficient (Wildman–Crippen LogP) is 1.03. The zero-order valence-corrected chi connectivity index (χ0v) is 17.4. The van der Waals surface area contributed by atoms with Crippen LogP contribution in [-0.4, -0.2) is 56.9 Å². The number of ketones is 1. The molecule has 0 aliphatic rings. The van der Waals surface area contributed by atoms with Gasteiger partial charge in [0.25, 0.3) is 11.7 Å². The molecule has 0 aliphatic carbocycles. The van der Waals surface area contributed by atoms with Crippen LogP contribution in [0.15, 0.2) is 42.5 Å². The highest BCUT2D eigenvalue weighted by atomic mass is 16.5. The van der Waals surface area contributed by atoms with Crippen molar-refractivity contribution in [1.29, 1.82) is 0 Å². The molecule has 9 nitrogen and oxygen atoms in total. The third-order valence-electron chi connectivity index (χ3n) is 5.17. The molecule has 1 atom stereocenters. The topological polar surface area (TPSA) is 152 Å². The zero-order chi connectivity index (χ0) is 23.4. The number of aromatic nitrogens is 1. The molecule has 0 bridgehead atoms. The van der Waals surface area contributed by atoms with Gasteiger partial charge in [-0.25, -0.2) is 4.79 Å². The lowest BCUT2D eigenvalue weighted by Crippen LogP contribution is -2.24. The van der Waals surface area contributed by atoms with Crippen LogP contribution in [0, 0.1) is 6.92 Å². The summed E-state index contributed by atoms with van der Waals surface area (Å²) in [6, 6.07) is 12.8. The lowest BCUT2D eigenvalue weighted by molar-refractivity contribution is -0.139. The van der Waals surface area contributed by atoms with Gasteiger partial charge in [-0.2, -0.15) is 0 Å². The number of rotatable bonds is 10. The number of carboxylic acids is 1. The summed E-state index contributed by atoms with van der Waals surface area (Å²) in [5.74, 6) is -3.27. The summed E-state index contributed by atoms with van der Waals surface area (Å²) < 4.78 is 7.36. The van der Waals surface area contributed by atoms with Crippen LogP contribution in [0.4, 0.5) is 0 Å². The highest BCUT2D eigenvalue weighted by Gasteiger charge is 2.28. The van der Waals surface area contributed by atoms with Crippen molar-refractivity contribution in [2.24, 2.45) is 5.73 Å². The standard InChI is InChI=1S/C23H24N2O7/c1-13-19(21(30)23(24)31)20-17(25(13)10-14-5-3-2-4-6-14)8-7-15(9-16(27)11-26)22(20)32-12-18(28)29/h2-8,16,26-27H,9-12H2,1H3,(H2,24,31)(H,28,29). The molecule has 2 aromatic carbocycles. The number of hydrogen-bond acceptors (Lipinski definition) is 6. The molecule has 1 heterocycles. The van der Waals surface area contributed by atoms with Crippen molar-refractivity contribution < 1.29 is 34.4 Å². The monoisotopic (exact) mass is 440 g/mol. The number of carboxylic acid groups (broad SMARTS) is 1. The van der Waals surface area contributed by atoms with E-state index in [1.807, 2.05) is 34.9 Å². The molecular formula is C23H24N2O7. The van der Waals surface area contributed by atoms with E-state index in [1.165, 1.54) is 0 Å². The van der Waals surface area contributed by atoms with E-state index in [-0.39, 0.29) is 23.1 Å². The Kier molecular flexibility index (Phi) is 6.92. The van der Waals surface area contributed by atoms with Gasteiger partial charge in [-0.3, -0.25) is 9.59 Å². The van der Waals surface area contributed by atoms with Crippen molar-refractivity contribution >= 4 is 28.6 Å². The van der Waals surface area contributed by atoms with E-state index in [0.29, 0.717) is 23.3 Å². The lowest BCUT2D eigenvalue weighted by atomic mass is 9.99. The highest BCUT2D eigenvalue weighted by molar-refractivity contribution is 6.45. The van der Waals surface area contributed by atoms with Crippen LogP contribution in [0.25, 0.3) is 10.9 Å². The minimum Gasteiger partial charge on any atom is -0.481 e. The summed E-state index contributed by atoms with van der Waals surface area (Å²) in [4.78, 5) is 35.8. The second kappa shape index (κ2) is 9.63. The second-order valence-corrected chi connectivity index (χ2v) is 7.40. The fourth-order valence-electron chi connectivity index (χ4n) is 3.73. The van der Waals surface area contributed by atoms with E-state index >= 15 is 0 Å². The molecule has 3 aromatic rings. The Morgan fingerprint density at radius 2 is 1.81 bits per heavy atom. The number of aliphatic hydroxyl groups excluding tert-OH is 2. The van der Waals surface area contributed by atoms with Gasteiger partial charge in [0.15, 0.2) is 6.61 Å². The Morgan fingerprint density at radius 1 is 1.12 bits per heavy atom. The van der Waals surface area contributed by atoms with Gasteiger partial charge >= 0.3 is 5.97 Å². The summed E-state index contributed by atoms with van der Waals surface area (Å²) in [6.07, 6.45) is -1.17. The first-order valence-corrected chi connectivity index (χ1v) is 9.90. The van der Waals surface area contributed by atoms with E-state index in [1.54, 1.807) is 19.1 Å². The number of primary amides is 1. The summed E-state index contributed by atoms with van der Waals surface area (Å²) in [7, 11) is 0. The average molecular weight is 440 g/mol. The van der Waals surface area contributed by atoms with Crippen LogP contribution in [0.3, 0.4) is 0 Å². The first kappa shape index (κ1) is 23.0. The third kappa shape index (κ3) is 4.63. The van der Waals surface area contributed by atoms with Crippen LogP contribution in [0.2, 0.25) is 0 Å². The molecule has 0 aliphatic heterocycles. The van der Waals surface area contributed by atoms with Gasteiger partial charge in [0.1, 0.15) is 5.75 Å². The number of amides is 1. The van der Waals surface area contributed by atoms with E-state index in [4.69, 9.17) is 15.6 Å². The SMILES string of the molecule is Cc1c(C(=O)C(N)=O)c2c(OCC(=O)O)c(CC(O)CO)ccc2n1Cc1ccccc1. The Labute approximate surface area is 183 Å². The summed E-state index contributed by atoms with van der Waals surface area (Å²) in [5.41, 5.74) is 7.65. The van der Waals surface area contributed by atoms with E-state index in [9.17, 15) is 24.6 Å². The van der Waals surface area contributed by atoms with Crippen LogP contribution in [0.1, 0.15) is 27.2 Å². The number of ether oxygens (including phenoxy) is 1. The smallest absolute Gasteiger partial charge is 0.341 e. The minimum atomic E-state index is -1.24. The summed E-state index contributed by atoms with van der Waals surface area (Å²) in [6.45, 7) is 0.834. The number of fused-ring (bicyclic) bond motifs is 1. The first-order valence-electron chi connectivity index (χ1n) is 9.90. The molecule has 5 N–H and O–H groups in total. The van der Waals surface area contributed by atoms with Gasteiger partial charge in [-0.05, 0) is 24.1 Å². The first-order chi connectivity index (χ1) is 15.2. The van der Waals surface area contributed by atoms with E-state index in [2.05, 4.69) is 0 Å². The maximum absolute atomic E-state index is 12.8. The number of aliphatic hydroxyl groups is 2. The number of aliphatic carboxylic acids is 1. The predicted molar refractivity (Wildman–Crippen MR) is 116 cm³/mol. The van der Waals surface area contributed by atoms with Crippen molar-refractivity contribution in [2.75, 3.05) is 13.2 Å². The van der Waals surface area contributed by atoms with Crippen molar-refractivity contribution in [2.45, 2.75) is 26.0 Å². The Hall–Kier alpha value is -3.69. The fraction of sp³-hybridized carbons (Fsp3) is 0.261. The molecule has 9 heteroatoms. The third-order valence-corrected chi connectivity index (χ3v) is 5.17. The van der Waals surface area contributed by atoms with Gasteiger partial charge in [0.05, 0.1) is 29.2 Å². The highest BCUT2D eigenvalue weighted by Crippen LogP contribution is 2.38. The fourth-order valence-corrected chi connectivity index (χ4v) is 3.73. The Bertz CT molecular complexity index is 1170. The van der Waals surface area contributed by atoms with Crippen molar-refractivity contribution in [3.05, 3.63) is 64.8 Å².